The van der Waals surface area contributed by atoms with Gasteiger partial charge in [0.1, 0.15) is 12.4 Å². The lowest BCUT2D eigenvalue weighted by Crippen LogP contribution is -2.39. The van der Waals surface area contributed by atoms with E-state index in [0.29, 0.717) is 12.2 Å². The predicted octanol–water partition coefficient (Wildman–Crippen LogP) is 6.77. The molecule has 3 rings (SSSR count). The third-order valence-electron chi connectivity index (χ3n) is 6.18. The summed E-state index contributed by atoms with van der Waals surface area (Å²) in [5.41, 5.74) is 1.25. The number of carbonyl (C=O) groups is 2. The van der Waals surface area contributed by atoms with Crippen LogP contribution in [0.15, 0.2) is 54.6 Å². The molecule has 0 saturated heterocycles. The molecular weight excluding hydrogens is 493 g/mol. The number of amides is 2. The van der Waals surface area contributed by atoms with Gasteiger partial charge in [-0.05, 0) is 43.2 Å². The number of hydrogen-bond donors (Lipinski definition) is 1. The quantitative estimate of drug-likeness (QED) is 0.312. The number of benzene rings is 2. The Kier molecular flexibility index (Phi) is 9.01. The molecule has 0 bridgehead atoms. The molecule has 0 aliphatic heterocycles. The number of anilines is 1. The van der Waals surface area contributed by atoms with E-state index >= 15 is 0 Å². The van der Waals surface area contributed by atoms with Crippen molar-refractivity contribution in [3.63, 3.8) is 0 Å². The molecule has 0 saturated carbocycles. The summed E-state index contributed by atoms with van der Waals surface area (Å²) >= 11 is 0. The van der Waals surface area contributed by atoms with E-state index in [-0.39, 0.29) is 24.1 Å². The van der Waals surface area contributed by atoms with Crippen molar-refractivity contribution < 1.29 is 22.8 Å². The molecule has 1 N–H and O–H groups in total. The van der Waals surface area contributed by atoms with E-state index in [0.717, 1.165) is 41.9 Å². The maximum atomic E-state index is 13.2. The molecule has 0 aliphatic rings. The zero-order chi connectivity index (χ0) is 28.1. The van der Waals surface area contributed by atoms with E-state index < -0.39 is 23.6 Å². The minimum Gasteiger partial charge on any atom is -0.329 e. The Morgan fingerprint density at radius 3 is 2.34 bits per heavy atom. The fourth-order valence-electron chi connectivity index (χ4n) is 3.99. The van der Waals surface area contributed by atoms with Crippen molar-refractivity contribution in [3.05, 3.63) is 77.0 Å². The Labute approximate surface area is 221 Å². The summed E-state index contributed by atoms with van der Waals surface area (Å²) in [5, 5.41) is 7.61. The van der Waals surface area contributed by atoms with Gasteiger partial charge in [-0.2, -0.15) is 18.3 Å². The number of unbranched alkanes of at least 4 members (excludes halogenated alkanes) is 2. The summed E-state index contributed by atoms with van der Waals surface area (Å²) in [7, 11) is 0. The van der Waals surface area contributed by atoms with Gasteiger partial charge in [0.25, 0.3) is 5.91 Å². The smallest absolute Gasteiger partial charge is 0.329 e. The van der Waals surface area contributed by atoms with Crippen LogP contribution in [0.2, 0.25) is 0 Å². The molecule has 38 heavy (non-hydrogen) atoms. The van der Waals surface area contributed by atoms with E-state index in [9.17, 15) is 22.8 Å². The largest absolute Gasteiger partial charge is 0.416 e. The number of rotatable bonds is 9. The number of alkyl halides is 3. The number of para-hydroxylation sites is 1. The Bertz CT molecular complexity index is 1280. The molecule has 6 nitrogen and oxygen atoms in total. The molecule has 9 heteroatoms. The number of halogens is 3. The number of aryl methyl sites for hydroxylation is 1. The molecule has 0 fully saturated rings. The second-order valence-electron chi connectivity index (χ2n) is 10.4. The van der Waals surface area contributed by atoms with Crippen LogP contribution in [0.3, 0.4) is 0 Å². The van der Waals surface area contributed by atoms with Crippen LogP contribution >= 0.6 is 0 Å². The van der Waals surface area contributed by atoms with Gasteiger partial charge in [-0.1, -0.05) is 64.8 Å². The van der Waals surface area contributed by atoms with Crippen molar-refractivity contribution in [2.75, 3.05) is 18.4 Å². The van der Waals surface area contributed by atoms with E-state index in [1.807, 2.05) is 58.9 Å². The van der Waals surface area contributed by atoms with Crippen molar-refractivity contribution in [1.29, 1.82) is 0 Å². The Morgan fingerprint density at radius 2 is 1.71 bits per heavy atom. The summed E-state index contributed by atoms with van der Waals surface area (Å²) in [6.07, 6.45) is -2.23. The monoisotopic (exact) mass is 528 g/mol. The van der Waals surface area contributed by atoms with Crippen molar-refractivity contribution >= 4 is 17.6 Å². The minimum absolute atomic E-state index is 0.107. The van der Waals surface area contributed by atoms with Gasteiger partial charge in [-0.15, -0.1) is 0 Å². The number of aromatic nitrogens is 2. The van der Waals surface area contributed by atoms with Gasteiger partial charge in [0, 0.05) is 23.6 Å². The van der Waals surface area contributed by atoms with Crippen molar-refractivity contribution in [3.8, 4) is 5.69 Å². The van der Waals surface area contributed by atoms with E-state index in [1.165, 1.54) is 17.0 Å². The highest BCUT2D eigenvalue weighted by atomic mass is 19.4. The Balaban J connectivity index is 1.89. The molecule has 2 amide bonds. The molecule has 0 aliphatic carbocycles. The van der Waals surface area contributed by atoms with Crippen LogP contribution in [0.25, 0.3) is 5.69 Å². The Morgan fingerprint density at radius 1 is 1.00 bits per heavy atom. The van der Waals surface area contributed by atoms with Crippen molar-refractivity contribution in [1.82, 2.24) is 14.7 Å². The minimum atomic E-state index is -4.57. The average molecular weight is 529 g/mol. The Hall–Kier alpha value is -3.62. The van der Waals surface area contributed by atoms with Crippen LogP contribution in [-0.4, -0.2) is 39.6 Å². The number of hydrogen-bond acceptors (Lipinski definition) is 3. The maximum absolute atomic E-state index is 13.2. The molecule has 0 spiro atoms. The van der Waals surface area contributed by atoms with Gasteiger partial charge in [0.05, 0.1) is 16.9 Å². The molecular formula is C29H35F3N4O2. The van der Waals surface area contributed by atoms with E-state index in [4.69, 9.17) is 5.10 Å². The van der Waals surface area contributed by atoms with Crippen LogP contribution in [-0.2, 0) is 16.4 Å². The highest BCUT2D eigenvalue weighted by Crippen LogP contribution is 2.30. The average Bonchev–Trinajstić information content (AvgIpc) is 3.27. The lowest BCUT2D eigenvalue weighted by molar-refractivity contribution is -0.137. The second-order valence-corrected chi connectivity index (χ2v) is 10.4. The summed E-state index contributed by atoms with van der Waals surface area (Å²) in [4.78, 5) is 27.8. The van der Waals surface area contributed by atoms with Gasteiger partial charge < -0.3 is 10.2 Å². The molecule has 0 atom stereocenters. The lowest BCUT2D eigenvalue weighted by atomic mass is 9.92. The van der Waals surface area contributed by atoms with Gasteiger partial charge in [-0.25, -0.2) is 4.68 Å². The third kappa shape index (κ3) is 7.24. The maximum Gasteiger partial charge on any atom is 0.416 e. The zero-order valence-electron chi connectivity index (χ0n) is 22.5. The van der Waals surface area contributed by atoms with Crippen molar-refractivity contribution in [2.24, 2.45) is 0 Å². The van der Waals surface area contributed by atoms with Crippen LogP contribution in [0.4, 0.5) is 19.0 Å². The number of nitrogens with zero attached hydrogens (tertiary/aromatic N) is 3. The van der Waals surface area contributed by atoms with Gasteiger partial charge in [0.2, 0.25) is 5.91 Å². The molecule has 2 aromatic carbocycles. The standard InChI is InChI=1S/C29H35F3N4O2/c1-6-7-10-16-35(27(38)21-13-11-14-22(17-21)29(30,31)32)19-26(37)33-25-18-24(28(3,4)5)34-36(25)23-15-9-8-12-20(23)2/h8-9,11-15,17-18H,6-7,10,16,19H2,1-5H3,(H,33,37). The molecule has 1 heterocycles. The topological polar surface area (TPSA) is 67.2 Å². The normalized spacial score (nSPS) is 11.9. The fourth-order valence-corrected chi connectivity index (χ4v) is 3.99. The van der Waals surface area contributed by atoms with Crippen LogP contribution in [0.5, 0.6) is 0 Å². The molecule has 204 valence electrons. The highest BCUT2D eigenvalue weighted by molar-refractivity contribution is 5.99. The summed E-state index contributed by atoms with van der Waals surface area (Å²) in [6, 6.07) is 13.7. The number of nitrogens with one attached hydrogen (secondary N) is 1. The number of carbonyl (C=O) groups excluding carboxylic acids is 2. The van der Waals surface area contributed by atoms with Gasteiger partial charge in [-0.3, -0.25) is 9.59 Å². The van der Waals surface area contributed by atoms with Crippen LogP contribution in [0, 0.1) is 6.92 Å². The van der Waals surface area contributed by atoms with Crippen molar-refractivity contribution in [2.45, 2.75) is 65.5 Å². The molecule has 0 unspecified atom stereocenters. The zero-order valence-corrected chi connectivity index (χ0v) is 22.5. The van der Waals surface area contributed by atoms with E-state index in [1.54, 1.807) is 10.7 Å². The van der Waals surface area contributed by atoms with E-state index in [2.05, 4.69) is 5.32 Å². The summed E-state index contributed by atoms with van der Waals surface area (Å²) < 4.78 is 41.4. The van der Waals surface area contributed by atoms with Crippen LogP contribution in [0.1, 0.15) is 74.1 Å². The first-order valence-corrected chi connectivity index (χ1v) is 12.7. The first kappa shape index (κ1) is 28.9. The molecule has 3 aromatic rings. The SMILES string of the molecule is CCCCCN(CC(=O)Nc1cc(C(C)(C)C)nn1-c1ccccc1C)C(=O)c1cccc(C(F)(F)F)c1. The summed E-state index contributed by atoms with van der Waals surface area (Å²) in [5.74, 6) is -0.628. The second kappa shape index (κ2) is 11.8. The first-order chi connectivity index (χ1) is 17.8. The summed E-state index contributed by atoms with van der Waals surface area (Å²) in [6.45, 7) is 9.96. The van der Waals surface area contributed by atoms with Gasteiger partial charge in [0.15, 0.2) is 0 Å². The third-order valence-corrected chi connectivity index (χ3v) is 6.18. The highest BCUT2D eigenvalue weighted by Gasteiger charge is 2.31. The first-order valence-electron chi connectivity index (χ1n) is 12.7. The van der Waals surface area contributed by atoms with Gasteiger partial charge >= 0.3 is 6.18 Å². The molecule has 1 aromatic heterocycles. The molecule has 0 radical (unpaired) electrons. The van der Waals surface area contributed by atoms with Crippen LogP contribution < -0.4 is 5.32 Å². The fraction of sp³-hybridized carbons (Fsp3) is 0.414. The predicted molar refractivity (Wildman–Crippen MR) is 143 cm³/mol. The lowest BCUT2D eigenvalue weighted by Gasteiger charge is -2.23.